The van der Waals surface area contributed by atoms with Gasteiger partial charge >= 0.3 is 0 Å². The molecule has 0 aromatic rings. The zero-order chi connectivity index (χ0) is 11.6. The number of allylic oxidation sites excluding steroid dienone is 1. The van der Waals surface area contributed by atoms with Gasteiger partial charge in [-0.15, -0.1) is 0 Å². The molecule has 2 aliphatic carbocycles. The highest BCUT2D eigenvalue weighted by molar-refractivity contribution is 5.92. The minimum Gasteiger partial charge on any atom is -0.366 e. The fourth-order valence-electron chi connectivity index (χ4n) is 3.81. The lowest BCUT2D eigenvalue weighted by Gasteiger charge is -2.33. The Balaban J connectivity index is 2.04. The summed E-state index contributed by atoms with van der Waals surface area (Å²) in [7, 11) is 0. The van der Waals surface area contributed by atoms with E-state index >= 15 is 0 Å². The lowest BCUT2D eigenvalue weighted by molar-refractivity contribution is -0.115. The predicted molar refractivity (Wildman–Crippen MR) is 65.8 cm³/mol. The van der Waals surface area contributed by atoms with Crippen LogP contribution in [0.1, 0.15) is 58.3 Å². The summed E-state index contributed by atoms with van der Waals surface area (Å²) in [4.78, 5) is 11.3. The van der Waals surface area contributed by atoms with Crippen LogP contribution in [0.4, 0.5) is 0 Å². The fourth-order valence-corrected chi connectivity index (χ4v) is 3.81. The van der Waals surface area contributed by atoms with Gasteiger partial charge < -0.3 is 5.73 Å². The third-order valence-corrected chi connectivity index (χ3v) is 4.65. The highest BCUT2D eigenvalue weighted by atomic mass is 16.1. The van der Waals surface area contributed by atoms with Crippen LogP contribution in [0.15, 0.2) is 11.6 Å². The molecule has 0 heterocycles. The molecule has 1 spiro atoms. The Morgan fingerprint density at radius 3 is 2.50 bits per heavy atom. The molecule has 1 amide bonds. The maximum absolute atomic E-state index is 11.3. The van der Waals surface area contributed by atoms with E-state index in [9.17, 15) is 4.79 Å². The molecule has 1 unspecified atom stereocenters. The van der Waals surface area contributed by atoms with Crippen molar-refractivity contribution < 1.29 is 4.79 Å². The van der Waals surface area contributed by atoms with E-state index in [1.165, 1.54) is 51.4 Å². The van der Waals surface area contributed by atoms with E-state index < -0.39 is 0 Å². The number of hydrogen-bond donors (Lipinski definition) is 1. The molecule has 16 heavy (non-hydrogen) atoms. The third-order valence-electron chi connectivity index (χ3n) is 4.65. The number of nitrogens with two attached hydrogens (primary N) is 1. The van der Waals surface area contributed by atoms with E-state index in [2.05, 4.69) is 0 Å². The van der Waals surface area contributed by atoms with Crippen molar-refractivity contribution in [3.05, 3.63) is 11.6 Å². The summed E-state index contributed by atoms with van der Waals surface area (Å²) in [5.74, 6) is 0.237. The predicted octanol–water partition coefficient (Wildman–Crippen LogP) is 3.17. The topological polar surface area (TPSA) is 43.1 Å². The Kier molecular flexibility index (Phi) is 3.36. The van der Waals surface area contributed by atoms with Crippen molar-refractivity contribution in [1.82, 2.24) is 0 Å². The van der Waals surface area contributed by atoms with Crippen molar-refractivity contribution in [2.45, 2.75) is 58.3 Å². The molecule has 1 atom stereocenters. The summed E-state index contributed by atoms with van der Waals surface area (Å²) in [6.07, 6.45) is 12.5. The molecule has 2 heteroatoms. The summed E-state index contributed by atoms with van der Waals surface area (Å²) < 4.78 is 0. The van der Waals surface area contributed by atoms with Crippen molar-refractivity contribution in [2.24, 2.45) is 17.1 Å². The van der Waals surface area contributed by atoms with Gasteiger partial charge in [0.2, 0.25) is 5.91 Å². The molecule has 0 aliphatic heterocycles. The zero-order valence-electron chi connectivity index (χ0n) is 10.3. The minimum atomic E-state index is -0.208. The number of hydrogen-bond acceptors (Lipinski definition) is 1. The zero-order valence-corrected chi connectivity index (χ0v) is 10.3. The van der Waals surface area contributed by atoms with E-state index in [0.29, 0.717) is 11.3 Å². The van der Waals surface area contributed by atoms with Gasteiger partial charge in [-0.05, 0) is 50.4 Å². The first-order valence-electron chi connectivity index (χ1n) is 6.63. The average molecular weight is 221 g/mol. The van der Waals surface area contributed by atoms with Crippen molar-refractivity contribution >= 4 is 5.91 Å². The molecule has 2 fully saturated rings. The van der Waals surface area contributed by atoms with Crippen molar-refractivity contribution in [1.29, 1.82) is 0 Å². The first-order valence-corrected chi connectivity index (χ1v) is 6.63. The quantitative estimate of drug-likeness (QED) is 0.715. The summed E-state index contributed by atoms with van der Waals surface area (Å²) in [6.45, 7) is 1.94. The molecular weight excluding hydrogens is 198 g/mol. The average Bonchev–Trinajstić information content (AvgIpc) is 2.64. The second-order valence-corrected chi connectivity index (χ2v) is 5.61. The summed E-state index contributed by atoms with van der Waals surface area (Å²) in [5, 5.41) is 0. The van der Waals surface area contributed by atoms with Crippen LogP contribution in [0.5, 0.6) is 0 Å². The largest absolute Gasteiger partial charge is 0.366 e. The Hall–Kier alpha value is -0.790. The Labute approximate surface area is 98.3 Å². The molecule has 2 N–H and O–H groups in total. The second kappa shape index (κ2) is 4.60. The van der Waals surface area contributed by atoms with Crippen LogP contribution in [0.2, 0.25) is 0 Å². The standard InChI is InChI=1S/C14H23NO/c1-2-12(13(15)16)11-6-9-14(10-11)7-4-3-5-8-14/h2,11H,3-10H2,1H3,(H2,15,16). The summed E-state index contributed by atoms with van der Waals surface area (Å²) in [5.41, 5.74) is 6.88. The summed E-state index contributed by atoms with van der Waals surface area (Å²) in [6, 6.07) is 0. The minimum absolute atomic E-state index is 0.208. The second-order valence-electron chi connectivity index (χ2n) is 5.61. The van der Waals surface area contributed by atoms with Gasteiger partial charge in [-0.25, -0.2) is 0 Å². The van der Waals surface area contributed by atoms with Gasteiger partial charge in [-0.2, -0.15) is 0 Å². The number of carbonyl (C=O) groups is 1. The van der Waals surface area contributed by atoms with Gasteiger partial charge in [0, 0.05) is 5.57 Å². The smallest absolute Gasteiger partial charge is 0.244 e. The van der Waals surface area contributed by atoms with Gasteiger partial charge in [0.05, 0.1) is 0 Å². The highest BCUT2D eigenvalue weighted by Crippen LogP contribution is 2.52. The van der Waals surface area contributed by atoms with E-state index in [4.69, 9.17) is 5.73 Å². The summed E-state index contributed by atoms with van der Waals surface area (Å²) >= 11 is 0. The Bertz CT molecular complexity index is 300. The van der Waals surface area contributed by atoms with E-state index in [-0.39, 0.29) is 5.91 Å². The lowest BCUT2D eigenvalue weighted by Crippen LogP contribution is -2.23. The lowest BCUT2D eigenvalue weighted by atomic mass is 9.72. The molecule has 0 aromatic heterocycles. The highest BCUT2D eigenvalue weighted by Gasteiger charge is 2.41. The van der Waals surface area contributed by atoms with Crippen molar-refractivity contribution in [2.75, 3.05) is 0 Å². The van der Waals surface area contributed by atoms with E-state index in [1.54, 1.807) is 0 Å². The molecule has 2 aliphatic rings. The van der Waals surface area contributed by atoms with Gasteiger partial charge in [-0.1, -0.05) is 25.3 Å². The monoisotopic (exact) mass is 221 g/mol. The molecular formula is C14H23NO. The van der Waals surface area contributed by atoms with E-state index in [1.807, 2.05) is 13.0 Å². The fraction of sp³-hybridized carbons (Fsp3) is 0.786. The van der Waals surface area contributed by atoms with Crippen LogP contribution < -0.4 is 5.73 Å². The normalized spacial score (nSPS) is 29.6. The van der Waals surface area contributed by atoms with Crippen LogP contribution in [-0.4, -0.2) is 5.91 Å². The maximum atomic E-state index is 11.3. The van der Waals surface area contributed by atoms with E-state index in [0.717, 1.165) is 5.57 Å². The van der Waals surface area contributed by atoms with Crippen LogP contribution in [0, 0.1) is 11.3 Å². The molecule has 0 bridgehead atoms. The molecule has 0 saturated heterocycles. The van der Waals surface area contributed by atoms with Crippen molar-refractivity contribution in [3.63, 3.8) is 0 Å². The molecule has 0 aromatic carbocycles. The van der Waals surface area contributed by atoms with Crippen molar-refractivity contribution in [3.8, 4) is 0 Å². The molecule has 0 radical (unpaired) electrons. The number of rotatable bonds is 2. The van der Waals surface area contributed by atoms with Crippen LogP contribution in [-0.2, 0) is 4.79 Å². The molecule has 90 valence electrons. The first kappa shape index (κ1) is 11.7. The Morgan fingerprint density at radius 1 is 1.25 bits per heavy atom. The van der Waals surface area contributed by atoms with Gasteiger partial charge in [0.25, 0.3) is 0 Å². The van der Waals surface area contributed by atoms with Gasteiger partial charge in [0.1, 0.15) is 0 Å². The first-order chi connectivity index (χ1) is 7.67. The molecule has 2 nitrogen and oxygen atoms in total. The molecule has 2 rings (SSSR count). The number of carbonyl (C=O) groups excluding carboxylic acids is 1. The SMILES string of the molecule is CC=C(C(N)=O)C1CCC2(CCCCC2)C1. The third kappa shape index (κ3) is 2.16. The van der Waals surface area contributed by atoms with Crippen LogP contribution >= 0.6 is 0 Å². The van der Waals surface area contributed by atoms with Crippen LogP contribution in [0.3, 0.4) is 0 Å². The number of amides is 1. The van der Waals surface area contributed by atoms with Gasteiger partial charge in [0.15, 0.2) is 0 Å². The van der Waals surface area contributed by atoms with Crippen LogP contribution in [0.25, 0.3) is 0 Å². The number of primary amides is 1. The maximum Gasteiger partial charge on any atom is 0.244 e. The Morgan fingerprint density at radius 2 is 1.94 bits per heavy atom. The molecule has 2 saturated carbocycles. The van der Waals surface area contributed by atoms with Gasteiger partial charge in [-0.3, -0.25) is 4.79 Å².